The summed E-state index contributed by atoms with van der Waals surface area (Å²) >= 11 is 0. The van der Waals surface area contributed by atoms with Crippen molar-refractivity contribution in [3.8, 4) is 33.4 Å². The van der Waals surface area contributed by atoms with E-state index in [9.17, 15) is 0 Å². The monoisotopic (exact) mass is 696 g/mol. The second-order valence-corrected chi connectivity index (χ2v) is 14.7. The molecule has 0 saturated carbocycles. The molecule has 0 N–H and O–H groups in total. The number of furan rings is 1. The van der Waals surface area contributed by atoms with Crippen LogP contribution in [0.3, 0.4) is 0 Å². The molecule has 12 rings (SSSR count). The minimum Gasteiger partial charge on any atom is -0.455 e. The van der Waals surface area contributed by atoms with Crippen LogP contribution in [-0.4, -0.2) is 0 Å². The van der Waals surface area contributed by atoms with Gasteiger partial charge < -0.3 is 4.42 Å². The van der Waals surface area contributed by atoms with Crippen LogP contribution in [0.5, 0.6) is 0 Å². The lowest BCUT2D eigenvalue weighted by molar-refractivity contribution is 0.673. The summed E-state index contributed by atoms with van der Waals surface area (Å²) < 4.78 is 6.77. The van der Waals surface area contributed by atoms with Gasteiger partial charge in [0.2, 0.25) is 0 Å². The van der Waals surface area contributed by atoms with Crippen LogP contribution in [0, 0.1) is 0 Å². The lowest BCUT2D eigenvalue weighted by Crippen LogP contribution is -1.92. The van der Waals surface area contributed by atoms with Crippen molar-refractivity contribution in [3.63, 3.8) is 0 Å². The first kappa shape index (κ1) is 30.3. The first-order valence-electron chi connectivity index (χ1n) is 19.0. The van der Waals surface area contributed by atoms with Crippen molar-refractivity contribution in [2.24, 2.45) is 0 Å². The van der Waals surface area contributed by atoms with E-state index in [1.165, 1.54) is 103 Å². The third kappa shape index (κ3) is 4.35. The maximum atomic E-state index is 6.77. The summed E-state index contributed by atoms with van der Waals surface area (Å²) in [6, 6.07) is 70.9. The van der Waals surface area contributed by atoms with Gasteiger partial charge in [-0.2, -0.15) is 0 Å². The quantitative estimate of drug-likeness (QED) is 0.132. The zero-order valence-corrected chi connectivity index (χ0v) is 29.9. The number of rotatable bonds is 3. The predicted octanol–water partition coefficient (Wildman–Crippen LogP) is 15.5. The lowest BCUT2D eigenvalue weighted by Gasteiger charge is -2.19. The first-order chi connectivity index (χ1) is 27.3. The van der Waals surface area contributed by atoms with Crippen LogP contribution in [-0.2, 0) is 0 Å². The number of hydrogen-bond acceptors (Lipinski definition) is 1. The van der Waals surface area contributed by atoms with Crippen LogP contribution in [0.15, 0.2) is 199 Å². The summed E-state index contributed by atoms with van der Waals surface area (Å²) in [6.07, 6.45) is 0. The van der Waals surface area contributed by atoms with Crippen LogP contribution in [0.25, 0.3) is 120 Å². The molecule has 0 unspecified atom stereocenters. The van der Waals surface area contributed by atoms with Crippen LogP contribution in [0.2, 0.25) is 0 Å². The zero-order valence-electron chi connectivity index (χ0n) is 29.9. The molecule has 1 heterocycles. The summed E-state index contributed by atoms with van der Waals surface area (Å²) in [4.78, 5) is 0. The molecular formula is C54H32O. The Balaban J connectivity index is 1.12. The van der Waals surface area contributed by atoms with Crippen molar-refractivity contribution in [2.45, 2.75) is 0 Å². The molecular weight excluding hydrogens is 665 g/mol. The second kappa shape index (κ2) is 11.6. The van der Waals surface area contributed by atoms with Crippen molar-refractivity contribution in [1.82, 2.24) is 0 Å². The standard InChI is InChI=1S/C54H32O/c1-2-15-34(16-3-1)50-42-22-10-12-24-44(42)51(45-25-13-11-23-43(45)50)46-30-29-36(38-18-6-7-19-39(38)46)35-26-28-47-48(32-35)40-20-8-9-21-41(40)53-52-37-17-5-4-14-33(37)27-31-49(52)55-54(47)53/h1-32H. The highest BCUT2D eigenvalue weighted by Crippen LogP contribution is 2.48. The molecule has 0 saturated heterocycles. The fraction of sp³-hybridized carbons (Fsp3) is 0. The molecule has 0 aliphatic heterocycles. The largest absolute Gasteiger partial charge is 0.455 e. The topological polar surface area (TPSA) is 13.1 Å². The lowest BCUT2D eigenvalue weighted by atomic mass is 9.83. The highest BCUT2D eigenvalue weighted by atomic mass is 16.3. The molecule has 0 fully saturated rings. The van der Waals surface area contributed by atoms with Crippen LogP contribution < -0.4 is 0 Å². The van der Waals surface area contributed by atoms with E-state index in [1.807, 2.05) is 0 Å². The fourth-order valence-corrected chi connectivity index (χ4v) is 9.49. The summed E-state index contributed by atoms with van der Waals surface area (Å²) in [5.74, 6) is 0. The van der Waals surface area contributed by atoms with E-state index in [2.05, 4.69) is 194 Å². The van der Waals surface area contributed by atoms with Gasteiger partial charge in [0, 0.05) is 16.2 Å². The van der Waals surface area contributed by atoms with Gasteiger partial charge in [-0.05, 0) is 111 Å². The van der Waals surface area contributed by atoms with Crippen molar-refractivity contribution in [1.29, 1.82) is 0 Å². The Kier molecular flexibility index (Phi) is 6.40. The highest BCUT2D eigenvalue weighted by molar-refractivity contribution is 6.34. The molecule has 1 nitrogen and oxygen atoms in total. The molecule has 0 atom stereocenters. The number of hydrogen-bond donors (Lipinski definition) is 0. The van der Waals surface area contributed by atoms with Gasteiger partial charge in [-0.3, -0.25) is 0 Å². The maximum absolute atomic E-state index is 6.77. The summed E-state index contributed by atoms with van der Waals surface area (Å²) in [6.45, 7) is 0. The van der Waals surface area contributed by atoms with Gasteiger partial charge in [-0.1, -0.05) is 176 Å². The van der Waals surface area contributed by atoms with Crippen molar-refractivity contribution in [2.75, 3.05) is 0 Å². The van der Waals surface area contributed by atoms with Gasteiger partial charge in [0.25, 0.3) is 0 Å². The van der Waals surface area contributed by atoms with E-state index < -0.39 is 0 Å². The molecule has 12 aromatic rings. The Morgan fingerprint density at radius 1 is 0.273 bits per heavy atom. The van der Waals surface area contributed by atoms with Crippen molar-refractivity contribution < 1.29 is 4.42 Å². The Labute approximate surface area is 317 Å². The molecule has 0 radical (unpaired) electrons. The maximum Gasteiger partial charge on any atom is 0.143 e. The van der Waals surface area contributed by atoms with Gasteiger partial charge in [-0.25, -0.2) is 0 Å². The Hall–Kier alpha value is -7.22. The van der Waals surface area contributed by atoms with E-state index >= 15 is 0 Å². The van der Waals surface area contributed by atoms with Crippen LogP contribution >= 0.6 is 0 Å². The molecule has 0 spiro atoms. The summed E-state index contributed by atoms with van der Waals surface area (Å²) in [5.41, 5.74) is 9.32. The Bertz CT molecular complexity index is 3480. The summed E-state index contributed by atoms with van der Waals surface area (Å²) in [7, 11) is 0. The first-order valence-corrected chi connectivity index (χ1v) is 19.0. The molecule has 254 valence electrons. The van der Waals surface area contributed by atoms with E-state index in [0.29, 0.717) is 0 Å². The molecule has 1 aromatic heterocycles. The normalized spacial score (nSPS) is 12.0. The van der Waals surface area contributed by atoms with E-state index in [-0.39, 0.29) is 0 Å². The fourth-order valence-electron chi connectivity index (χ4n) is 9.49. The second-order valence-electron chi connectivity index (χ2n) is 14.7. The average molecular weight is 697 g/mol. The minimum absolute atomic E-state index is 0.925. The third-order valence-corrected chi connectivity index (χ3v) is 11.8. The SMILES string of the molecule is c1ccc(-c2c3ccccc3c(-c3ccc(-c4ccc5c(c4)c4ccccc4c4c5oc5ccc6ccccc6c54)c4ccccc34)c3ccccc23)cc1. The van der Waals surface area contributed by atoms with Crippen molar-refractivity contribution >= 4 is 86.6 Å². The molecule has 0 aliphatic carbocycles. The number of fused-ring (bicyclic) bond motifs is 13. The van der Waals surface area contributed by atoms with E-state index in [0.717, 1.165) is 16.6 Å². The Morgan fingerprint density at radius 2 is 0.818 bits per heavy atom. The van der Waals surface area contributed by atoms with E-state index in [4.69, 9.17) is 4.42 Å². The van der Waals surface area contributed by atoms with Gasteiger partial charge in [0.1, 0.15) is 11.2 Å². The van der Waals surface area contributed by atoms with Gasteiger partial charge in [0.05, 0.1) is 0 Å². The molecule has 55 heavy (non-hydrogen) atoms. The van der Waals surface area contributed by atoms with Crippen LogP contribution in [0.4, 0.5) is 0 Å². The molecule has 11 aromatic carbocycles. The van der Waals surface area contributed by atoms with E-state index in [1.54, 1.807) is 0 Å². The predicted molar refractivity (Wildman–Crippen MR) is 235 cm³/mol. The van der Waals surface area contributed by atoms with Gasteiger partial charge in [-0.15, -0.1) is 0 Å². The molecule has 1 heteroatoms. The van der Waals surface area contributed by atoms with Gasteiger partial charge >= 0.3 is 0 Å². The van der Waals surface area contributed by atoms with Gasteiger partial charge in [0.15, 0.2) is 0 Å². The van der Waals surface area contributed by atoms with Crippen molar-refractivity contribution in [3.05, 3.63) is 194 Å². The summed E-state index contributed by atoms with van der Waals surface area (Å²) in [5, 5.41) is 17.1. The highest BCUT2D eigenvalue weighted by Gasteiger charge is 2.21. The molecule has 0 amide bonds. The molecule has 0 aliphatic rings. The zero-order chi connectivity index (χ0) is 36.0. The third-order valence-electron chi connectivity index (χ3n) is 11.8. The minimum atomic E-state index is 0.925. The smallest absolute Gasteiger partial charge is 0.143 e. The molecule has 0 bridgehead atoms. The Morgan fingerprint density at radius 3 is 1.53 bits per heavy atom. The van der Waals surface area contributed by atoms with Crippen LogP contribution in [0.1, 0.15) is 0 Å². The number of benzene rings is 11. The average Bonchev–Trinajstić information content (AvgIpc) is 3.66.